The zero-order valence-electron chi connectivity index (χ0n) is 7.42. The molecule has 0 aliphatic carbocycles. The summed E-state index contributed by atoms with van der Waals surface area (Å²) in [5, 5.41) is 8.42. The fourth-order valence-electron chi connectivity index (χ4n) is 1.02. The van der Waals surface area contributed by atoms with Crippen LogP contribution in [0, 0.1) is 5.92 Å². The van der Waals surface area contributed by atoms with E-state index in [1.165, 1.54) is 0 Å². The SMILES string of the molecule is CC(C)CC(CC(=O)O)OCF. The van der Waals surface area contributed by atoms with Crippen LogP contribution in [-0.2, 0) is 9.53 Å². The average Bonchev–Trinajstić information content (AvgIpc) is 1.84. The number of carboxylic acids is 1. The van der Waals surface area contributed by atoms with Gasteiger partial charge >= 0.3 is 5.97 Å². The van der Waals surface area contributed by atoms with E-state index in [9.17, 15) is 9.18 Å². The summed E-state index contributed by atoms with van der Waals surface area (Å²) in [4.78, 5) is 10.3. The molecule has 0 amide bonds. The van der Waals surface area contributed by atoms with E-state index in [0.29, 0.717) is 12.3 Å². The zero-order valence-corrected chi connectivity index (χ0v) is 7.42. The third-order valence-corrected chi connectivity index (χ3v) is 1.44. The van der Waals surface area contributed by atoms with Gasteiger partial charge in [-0.2, -0.15) is 0 Å². The summed E-state index contributed by atoms with van der Waals surface area (Å²) in [6, 6.07) is 0. The van der Waals surface area contributed by atoms with E-state index in [1.54, 1.807) is 0 Å². The molecule has 0 aliphatic rings. The first-order chi connectivity index (χ1) is 5.56. The minimum absolute atomic E-state index is 0.123. The summed E-state index contributed by atoms with van der Waals surface area (Å²) in [6.07, 6.45) is -0.0364. The van der Waals surface area contributed by atoms with Gasteiger partial charge in [0.2, 0.25) is 0 Å². The standard InChI is InChI=1S/C8H15FO3/c1-6(2)3-7(12-5-9)4-8(10)11/h6-7H,3-5H2,1-2H3,(H,10,11). The maximum atomic E-state index is 11.7. The number of hydrogen-bond donors (Lipinski definition) is 1. The fraction of sp³-hybridized carbons (Fsp3) is 0.875. The monoisotopic (exact) mass is 178 g/mol. The molecular formula is C8H15FO3. The van der Waals surface area contributed by atoms with Gasteiger partial charge in [-0.1, -0.05) is 13.8 Å². The first kappa shape index (κ1) is 11.4. The Hall–Kier alpha value is -0.640. The molecule has 1 unspecified atom stereocenters. The van der Waals surface area contributed by atoms with Crippen LogP contribution in [0.1, 0.15) is 26.7 Å². The van der Waals surface area contributed by atoms with Crippen LogP contribution in [0.3, 0.4) is 0 Å². The minimum Gasteiger partial charge on any atom is -0.481 e. The van der Waals surface area contributed by atoms with E-state index in [4.69, 9.17) is 5.11 Å². The van der Waals surface area contributed by atoms with Gasteiger partial charge in [-0.05, 0) is 12.3 Å². The highest BCUT2D eigenvalue weighted by Gasteiger charge is 2.14. The molecule has 0 saturated heterocycles. The van der Waals surface area contributed by atoms with Crippen molar-refractivity contribution in [1.29, 1.82) is 0 Å². The van der Waals surface area contributed by atoms with E-state index in [0.717, 1.165) is 0 Å². The quantitative estimate of drug-likeness (QED) is 0.674. The molecule has 0 spiro atoms. The van der Waals surface area contributed by atoms with Crippen LogP contribution >= 0.6 is 0 Å². The van der Waals surface area contributed by atoms with Crippen molar-refractivity contribution < 1.29 is 19.0 Å². The van der Waals surface area contributed by atoms with Crippen LogP contribution in [0.15, 0.2) is 0 Å². The number of alkyl halides is 1. The Morgan fingerprint density at radius 2 is 2.17 bits per heavy atom. The van der Waals surface area contributed by atoms with Gasteiger partial charge in [0, 0.05) is 0 Å². The van der Waals surface area contributed by atoms with Crippen molar-refractivity contribution in [1.82, 2.24) is 0 Å². The summed E-state index contributed by atoms with van der Waals surface area (Å²) in [7, 11) is 0. The molecule has 0 heterocycles. The van der Waals surface area contributed by atoms with E-state index in [-0.39, 0.29) is 6.42 Å². The Bertz CT molecular complexity index is 136. The second kappa shape index (κ2) is 5.94. The van der Waals surface area contributed by atoms with Gasteiger partial charge in [0.05, 0.1) is 12.5 Å². The number of rotatable bonds is 6. The van der Waals surface area contributed by atoms with Crippen molar-refractivity contribution in [3.05, 3.63) is 0 Å². The molecule has 0 fully saturated rings. The number of halogens is 1. The third-order valence-electron chi connectivity index (χ3n) is 1.44. The number of hydrogen-bond acceptors (Lipinski definition) is 2. The van der Waals surface area contributed by atoms with Gasteiger partial charge in [-0.3, -0.25) is 4.79 Å². The molecule has 0 bridgehead atoms. The maximum Gasteiger partial charge on any atom is 0.305 e. The largest absolute Gasteiger partial charge is 0.481 e. The molecule has 0 rings (SSSR count). The molecule has 72 valence electrons. The molecule has 12 heavy (non-hydrogen) atoms. The zero-order chi connectivity index (χ0) is 9.56. The van der Waals surface area contributed by atoms with Crippen LogP contribution in [-0.4, -0.2) is 24.0 Å². The summed E-state index contributed by atoms with van der Waals surface area (Å²) in [6.45, 7) is 2.97. The van der Waals surface area contributed by atoms with E-state index in [2.05, 4.69) is 4.74 Å². The van der Waals surface area contributed by atoms with Gasteiger partial charge in [0.25, 0.3) is 0 Å². The summed E-state index contributed by atoms with van der Waals surface area (Å²) >= 11 is 0. The van der Waals surface area contributed by atoms with Gasteiger partial charge < -0.3 is 9.84 Å². The predicted octanol–water partition coefficient (Wildman–Crippen LogP) is 1.82. The molecule has 1 N–H and O–H groups in total. The first-order valence-electron chi connectivity index (χ1n) is 3.95. The number of ether oxygens (including phenoxy) is 1. The number of carbonyl (C=O) groups is 1. The Labute approximate surface area is 71.5 Å². The van der Waals surface area contributed by atoms with Crippen molar-refractivity contribution >= 4 is 5.97 Å². The van der Waals surface area contributed by atoms with Crippen molar-refractivity contribution in [2.45, 2.75) is 32.8 Å². The van der Waals surface area contributed by atoms with Gasteiger partial charge in [-0.25, -0.2) is 4.39 Å². The molecule has 0 aromatic heterocycles. The van der Waals surface area contributed by atoms with E-state index >= 15 is 0 Å². The van der Waals surface area contributed by atoms with Gasteiger partial charge in [0.15, 0.2) is 6.86 Å². The first-order valence-corrected chi connectivity index (χ1v) is 3.95. The van der Waals surface area contributed by atoms with Crippen molar-refractivity contribution in [2.24, 2.45) is 5.92 Å². The summed E-state index contributed by atoms with van der Waals surface area (Å²) in [5.74, 6) is -0.630. The van der Waals surface area contributed by atoms with Gasteiger partial charge in [0.1, 0.15) is 0 Å². The van der Waals surface area contributed by atoms with E-state index in [1.807, 2.05) is 13.8 Å². The normalized spacial score (nSPS) is 13.3. The minimum atomic E-state index is -0.950. The highest BCUT2D eigenvalue weighted by atomic mass is 19.1. The molecule has 0 saturated carbocycles. The lowest BCUT2D eigenvalue weighted by molar-refractivity contribution is -0.141. The maximum absolute atomic E-state index is 11.7. The average molecular weight is 178 g/mol. The molecule has 0 aliphatic heterocycles. The second-order valence-electron chi connectivity index (χ2n) is 3.13. The van der Waals surface area contributed by atoms with Crippen LogP contribution in [0.2, 0.25) is 0 Å². The molecule has 4 heteroatoms. The van der Waals surface area contributed by atoms with Crippen LogP contribution in [0.25, 0.3) is 0 Å². The van der Waals surface area contributed by atoms with Crippen molar-refractivity contribution in [3.63, 3.8) is 0 Å². The topological polar surface area (TPSA) is 46.5 Å². The highest BCUT2D eigenvalue weighted by molar-refractivity contribution is 5.67. The molecular weight excluding hydrogens is 163 g/mol. The number of aliphatic carboxylic acids is 1. The van der Waals surface area contributed by atoms with Crippen molar-refractivity contribution in [3.8, 4) is 0 Å². The fourth-order valence-corrected chi connectivity index (χ4v) is 1.02. The van der Waals surface area contributed by atoms with Crippen LogP contribution in [0.4, 0.5) is 4.39 Å². The Morgan fingerprint density at radius 1 is 1.58 bits per heavy atom. The summed E-state index contributed by atoms with van der Waals surface area (Å²) in [5.41, 5.74) is 0. The lowest BCUT2D eigenvalue weighted by Gasteiger charge is -2.15. The molecule has 0 aromatic carbocycles. The Kier molecular flexibility index (Phi) is 5.62. The Balaban J connectivity index is 3.77. The Morgan fingerprint density at radius 3 is 2.50 bits per heavy atom. The van der Waals surface area contributed by atoms with E-state index < -0.39 is 18.9 Å². The third kappa shape index (κ3) is 6.09. The smallest absolute Gasteiger partial charge is 0.305 e. The highest BCUT2D eigenvalue weighted by Crippen LogP contribution is 2.11. The lowest BCUT2D eigenvalue weighted by Crippen LogP contribution is -2.19. The molecule has 0 aromatic rings. The van der Waals surface area contributed by atoms with Crippen molar-refractivity contribution in [2.75, 3.05) is 6.86 Å². The molecule has 0 radical (unpaired) electrons. The molecule has 3 nitrogen and oxygen atoms in total. The predicted molar refractivity (Wildman–Crippen MR) is 42.6 cm³/mol. The van der Waals surface area contributed by atoms with Crippen LogP contribution < -0.4 is 0 Å². The van der Waals surface area contributed by atoms with Crippen LogP contribution in [0.5, 0.6) is 0 Å². The summed E-state index contributed by atoms with van der Waals surface area (Å²) < 4.78 is 16.3. The lowest BCUT2D eigenvalue weighted by atomic mass is 10.0. The number of carboxylic acid groups (broad SMARTS) is 1. The second-order valence-corrected chi connectivity index (χ2v) is 3.13. The van der Waals surface area contributed by atoms with Gasteiger partial charge in [-0.15, -0.1) is 0 Å². The molecule has 1 atom stereocenters.